The molecule has 0 bridgehead atoms. The van der Waals surface area contributed by atoms with Crippen molar-refractivity contribution < 1.29 is 50.7 Å². The first-order chi connectivity index (χ1) is 16.4. The fraction of sp³-hybridized carbons (Fsp3) is 0.433. The molecule has 1 aromatic heterocycles. The first-order valence-electron chi connectivity index (χ1n) is 12.7. The van der Waals surface area contributed by atoms with Gasteiger partial charge >= 0.3 is 16.8 Å². The second-order valence-electron chi connectivity index (χ2n) is 9.84. The van der Waals surface area contributed by atoms with Gasteiger partial charge in [0.1, 0.15) is 0 Å². The SMILES string of the molecule is Cc1cccc(C)c1NCCN(CCNc1c(C(C)C)cccc1C(C)C)Cc1ccccn1.[Br-].[Br-].[Co+2]. The Balaban J connectivity index is 0.00000432. The van der Waals surface area contributed by atoms with Gasteiger partial charge in [-0.1, -0.05) is 70.2 Å². The molecule has 3 aromatic rings. The quantitative estimate of drug-likeness (QED) is 0.300. The Morgan fingerprint density at radius 2 is 1.22 bits per heavy atom. The minimum absolute atomic E-state index is 0. The summed E-state index contributed by atoms with van der Waals surface area (Å²) in [6, 6.07) is 19.3. The molecule has 37 heavy (non-hydrogen) atoms. The number of aromatic nitrogens is 1. The van der Waals surface area contributed by atoms with Crippen molar-refractivity contribution in [3.8, 4) is 0 Å². The second-order valence-corrected chi connectivity index (χ2v) is 9.84. The van der Waals surface area contributed by atoms with Crippen molar-refractivity contribution >= 4 is 11.4 Å². The molecule has 1 heterocycles. The van der Waals surface area contributed by atoms with Gasteiger partial charge in [0.05, 0.1) is 5.69 Å². The number of rotatable bonds is 12. The Hall–Kier alpha value is -1.38. The van der Waals surface area contributed by atoms with Crippen LogP contribution in [0.4, 0.5) is 11.4 Å². The third-order valence-corrected chi connectivity index (χ3v) is 6.43. The Bertz CT molecular complexity index is 999. The van der Waals surface area contributed by atoms with Crippen molar-refractivity contribution in [2.24, 2.45) is 0 Å². The van der Waals surface area contributed by atoms with Crippen molar-refractivity contribution in [2.45, 2.75) is 59.9 Å². The van der Waals surface area contributed by atoms with Gasteiger partial charge in [-0.3, -0.25) is 9.88 Å². The minimum Gasteiger partial charge on any atom is -1.00 e. The van der Waals surface area contributed by atoms with E-state index in [0.717, 1.165) is 38.4 Å². The van der Waals surface area contributed by atoms with Crippen LogP contribution in [0.2, 0.25) is 0 Å². The summed E-state index contributed by atoms with van der Waals surface area (Å²) in [6.07, 6.45) is 1.88. The van der Waals surface area contributed by atoms with E-state index in [1.54, 1.807) is 0 Å². The van der Waals surface area contributed by atoms with Crippen LogP contribution < -0.4 is 44.6 Å². The summed E-state index contributed by atoms with van der Waals surface area (Å²) >= 11 is 0. The van der Waals surface area contributed by atoms with E-state index in [9.17, 15) is 0 Å². The maximum absolute atomic E-state index is 4.57. The Kier molecular flexibility index (Phi) is 17.3. The van der Waals surface area contributed by atoms with E-state index in [1.807, 2.05) is 12.3 Å². The molecule has 0 atom stereocenters. The standard InChI is InChI=1S/C30H42N4.2BrH.Co/c1-22(2)27-14-10-15-28(23(3)4)30(27)33-18-20-34(21-26-13-7-8-16-31-26)19-17-32-29-24(5)11-9-12-25(29)6;;;/h7-16,22-23,32-33H,17-21H2,1-6H3;2*1H;/q;;;+2/p-2. The first-order valence-corrected chi connectivity index (χ1v) is 12.7. The smallest absolute Gasteiger partial charge is 1.00 e. The number of anilines is 2. The number of nitrogens with zero attached hydrogens (tertiary/aromatic N) is 2. The number of hydrogen-bond acceptors (Lipinski definition) is 4. The normalized spacial score (nSPS) is 10.5. The summed E-state index contributed by atoms with van der Waals surface area (Å²) in [7, 11) is 0. The largest absolute Gasteiger partial charge is 2.00 e. The van der Waals surface area contributed by atoms with Gasteiger partial charge in [-0.25, -0.2) is 0 Å². The predicted molar refractivity (Wildman–Crippen MR) is 147 cm³/mol. The molecule has 0 saturated carbocycles. The number of para-hydroxylation sites is 2. The first kappa shape index (κ1) is 35.6. The molecule has 2 aromatic carbocycles. The minimum atomic E-state index is 0. The zero-order valence-corrected chi connectivity index (χ0v) is 27.2. The Morgan fingerprint density at radius 3 is 1.70 bits per heavy atom. The van der Waals surface area contributed by atoms with Crippen LogP contribution in [0.3, 0.4) is 0 Å². The van der Waals surface area contributed by atoms with Crippen LogP contribution in [0.5, 0.6) is 0 Å². The van der Waals surface area contributed by atoms with Gasteiger partial charge in [0.2, 0.25) is 0 Å². The number of pyridine rings is 1. The van der Waals surface area contributed by atoms with Gasteiger partial charge in [-0.05, 0) is 60.1 Å². The molecule has 2 N–H and O–H groups in total. The van der Waals surface area contributed by atoms with E-state index in [0.29, 0.717) is 11.8 Å². The van der Waals surface area contributed by atoms with Crippen molar-refractivity contribution in [3.05, 3.63) is 88.7 Å². The molecule has 4 nitrogen and oxygen atoms in total. The van der Waals surface area contributed by atoms with E-state index in [2.05, 4.69) is 111 Å². The average Bonchev–Trinajstić information content (AvgIpc) is 2.81. The molecule has 0 spiro atoms. The number of nitrogens with one attached hydrogen (secondary N) is 2. The molecule has 0 unspecified atom stereocenters. The third-order valence-electron chi connectivity index (χ3n) is 6.43. The number of aryl methyl sites for hydroxylation is 2. The molecule has 0 saturated heterocycles. The van der Waals surface area contributed by atoms with Crippen molar-refractivity contribution in [2.75, 3.05) is 36.8 Å². The van der Waals surface area contributed by atoms with E-state index >= 15 is 0 Å². The molecule has 0 amide bonds. The molecule has 1 radical (unpaired) electrons. The summed E-state index contributed by atoms with van der Waals surface area (Å²) in [5.74, 6) is 0.986. The van der Waals surface area contributed by atoms with Gasteiger partial charge in [-0.2, -0.15) is 0 Å². The Labute approximate surface area is 256 Å². The molecule has 0 fully saturated rings. The Morgan fingerprint density at radius 1 is 0.703 bits per heavy atom. The van der Waals surface area contributed by atoms with Crippen molar-refractivity contribution in [1.82, 2.24) is 9.88 Å². The van der Waals surface area contributed by atoms with Crippen LogP contribution >= 0.6 is 0 Å². The zero-order chi connectivity index (χ0) is 24.5. The summed E-state index contributed by atoms with van der Waals surface area (Å²) in [5.41, 5.74) is 9.08. The molecule has 205 valence electrons. The van der Waals surface area contributed by atoms with Crippen molar-refractivity contribution in [1.29, 1.82) is 0 Å². The van der Waals surface area contributed by atoms with E-state index < -0.39 is 0 Å². The van der Waals surface area contributed by atoms with Gasteiger partial charge in [0.25, 0.3) is 0 Å². The van der Waals surface area contributed by atoms with Gasteiger partial charge < -0.3 is 44.6 Å². The maximum Gasteiger partial charge on any atom is 2.00 e. The van der Waals surface area contributed by atoms with E-state index in [4.69, 9.17) is 0 Å². The fourth-order valence-electron chi connectivity index (χ4n) is 4.52. The number of benzene rings is 2. The van der Waals surface area contributed by atoms with Gasteiger partial charge in [0, 0.05) is 50.3 Å². The van der Waals surface area contributed by atoms with Gasteiger partial charge in [0.15, 0.2) is 0 Å². The molecular weight excluding hydrogens is 635 g/mol. The molecule has 3 rings (SSSR count). The maximum atomic E-state index is 4.57. The monoisotopic (exact) mass is 675 g/mol. The number of halogens is 2. The summed E-state index contributed by atoms with van der Waals surface area (Å²) in [6.45, 7) is 18.0. The summed E-state index contributed by atoms with van der Waals surface area (Å²) in [4.78, 5) is 7.06. The average molecular weight is 677 g/mol. The van der Waals surface area contributed by atoms with E-state index in [1.165, 1.54) is 33.6 Å². The van der Waals surface area contributed by atoms with Crippen LogP contribution in [0.15, 0.2) is 60.8 Å². The molecule has 0 aliphatic heterocycles. The van der Waals surface area contributed by atoms with Crippen LogP contribution in [0.25, 0.3) is 0 Å². The van der Waals surface area contributed by atoms with Crippen molar-refractivity contribution in [3.63, 3.8) is 0 Å². The molecular formula is C30H42Br2CoN4. The topological polar surface area (TPSA) is 40.2 Å². The van der Waals surface area contributed by atoms with Crippen LogP contribution in [-0.2, 0) is 23.3 Å². The van der Waals surface area contributed by atoms with Crippen LogP contribution in [0.1, 0.15) is 67.5 Å². The third kappa shape index (κ3) is 10.7. The predicted octanol–water partition coefficient (Wildman–Crippen LogP) is 0.977. The van der Waals surface area contributed by atoms with Gasteiger partial charge in [-0.15, -0.1) is 0 Å². The second kappa shape index (κ2) is 18.0. The molecule has 0 aliphatic carbocycles. The van der Waals surface area contributed by atoms with Crippen LogP contribution in [0, 0.1) is 13.8 Å². The number of hydrogen-bond donors (Lipinski definition) is 2. The zero-order valence-electron chi connectivity index (χ0n) is 22.9. The summed E-state index contributed by atoms with van der Waals surface area (Å²) < 4.78 is 0. The van der Waals surface area contributed by atoms with Crippen LogP contribution in [-0.4, -0.2) is 36.1 Å². The fourth-order valence-corrected chi connectivity index (χ4v) is 4.52. The molecule has 7 heteroatoms. The summed E-state index contributed by atoms with van der Waals surface area (Å²) in [5, 5.41) is 7.48. The molecule has 0 aliphatic rings. The van der Waals surface area contributed by atoms with E-state index in [-0.39, 0.29) is 50.7 Å².